The molecule has 0 bridgehead atoms. The van der Waals surface area contributed by atoms with E-state index in [2.05, 4.69) is 31.2 Å². The third-order valence-electron chi connectivity index (χ3n) is 4.04. The van der Waals surface area contributed by atoms with Gasteiger partial charge in [0.05, 0.1) is 15.6 Å². The van der Waals surface area contributed by atoms with Crippen molar-refractivity contribution in [3.05, 3.63) is 76.8 Å². The molecule has 0 aliphatic rings. The van der Waals surface area contributed by atoms with Crippen LogP contribution in [0.1, 0.15) is 10.4 Å². The number of hydrogen-bond acceptors (Lipinski definition) is 4. The van der Waals surface area contributed by atoms with Gasteiger partial charge < -0.3 is 15.6 Å². The van der Waals surface area contributed by atoms with Crippen molar-refractivity contribution in [1.29, 1.82) is 0 Å². The molecule has 2 aromatic carbocycles. The molecule has 4 rings (SSSR count). The maximum atomic E-state index is 13.4. The number of aromatic nitrogens is 3. The predicted octanol–water partition coefficient (Wildman–Crippen LogP) is 4.16. The molecule has 4 aromatic rings. The number of nitrogens with zero attached hydrogens (tertiary/aromatic N) is 3. The Morgan fingerprint density at radius 2 is 2.00 bits per heavy atom. The van der Waals surface area contributed by atoms with E-state index >= 15 is 0 Å². The lowest BCUT2D eigenvalue weighted by atomic mass is 10.2. The molecule has 8 heteroatoms. The first-order valence-electron chi connectivity index (χ1n) is 7.98. The van der Waals surface area contributed by atoms with Crippen LogP contribution in [0.4, 0.5) is 16.0 Å². The Kier molecular flexibility index (Phi) is 4.33. The van der Waals surface area contributed by atoms with Gasteiger partial charge in [0.2, 0.25) is 5.95 Å². The number of halogens is 2. The number of fused-ring (bicyclic) bond motifs is 1. The molecule has 0 fully saturated rings. The van der Waals surface area contributed by atoms with Gasteiger partial charge in [0, 0.05) is 23.5 Å². The van der Waals surface area contributed by atoms with Crippen molar-refractivity contribution in [2.75, 3.05) is 5.32 Å². The molecular weight excluding hydrogens is 413 g/mol. The number of anilines is 2. The number of para-hydroxylation sites is 1. The van der Waals surface area contributed by atoms with E-state index in [0.717, 1.165) is 10.9 Å². The predicted molar refractivity (Wildman–Crippen MR) is 105 cm³/mol. The molecular formula is C19H13BrFN5O. The Hall–Kier alpha value is -3.26. The highest BCUT2D eigenvalue weighted by Gasteiger charge is 2.14. The van der Waals surface area contributed by atoms with Gasteiger partial charge in [-0.05, 0) is 46.3 Å². The quantitative estimate of drug-likeness (QED) is 0.513. The molecule has 0 unspecified atom stereocenters. The van der Waals surface area contributed by atoms with Gasteiger partial charge in [0.1, 0.15) is 11.6 Å². The van der Waals surface area contributed by atoms with Gasteiger partial charge >= 0.3 is 0 Å². The van der Waals surface area contributed by atoms with E-state index < -0.39 is 5.91 Å². The Bertz CT molecular complexity index is 1170. The van der Waals surface area contributed by atoms with E-state index in [1.807, 2.05) is 24.3 Å². The second kappa shape index (κ2) is 6.81. The molecule has 0 radical (unpaired) electrons. The number of amides is 1. The lowest BCUT2D eigenvalue weighted by Crippen LogP contribution is -2.10. The van der Waals surface area contributed by atoms with Crippen LogP contribution in [-0.2, 0) is 0 Å². The van der Waals surface area contributed by atoms with Crippen LogP contribution in [0.5, 0.6) is 0 Å². The normalized spacial score (nSPS) is 10.9. The number of nitrogens with two attached hydrogens (primary N) is 1. The Morgan fingerprint density at radius 1 is 1.19 bits per heavy atom. The van der Waals surface area contributed by atoms with Crippen molar-refractivity contribution in [2.45, 2.75) is 0 Å². The van der Waals surface area contributed by atoms with Crippen molar-refractivity contribution in [2.24, 2.45) is 5.73 Å². The maximum absolute atomic E-state index is 13.4. The number of rotatable bonds is 4. The highest BCUT2D eigenvalue weighted by molar-refractivity contribution is 9.10. The van der Waals surface area contributed by atoms with Crippen molar-refractivity contribution in [1.82, 2.24) is 14.5 Å². The number of primary amides is 1. The molecule has 2 heterocycles. The topological polar surface area (TPSA) is 85.8 Å². The average molecular weight is 426 g/mol. The van der Waals surface area contributed by atoms with E-state index in [9.17, 15) is 9.18 Å². The van der Waals surface area contributed by atoms with Crippen LogP contribution in [0.25, 0.3) is 16.7 Å². The summed E-state index contributed by atoms with van der Waals surface area (Å²) in [7, 11) is 0. The van der Waals surface area contributed by atoms with Crippen LogP contribution in [0.15, 0.2) is 65.4 Å². The van der Waals surface area contributed by atoms with Crippen LogP contribution in [0.2, 0.25) is 0 Å². The van der Waals surface area contributed by atoms with E-state index in [1.54, 1.807) is 35.2 Å². The molecule has 27 heavy (non-hydrogen) atoms. The zero-order valence-electron chi connectivity index (χ0n) is 13.9. The summed E-state index contributed by atoms with van der Waals surface area (Å²) in [5.41, 5.74) is 7.36. The van der Waals surface area contributed by atoms with Gasteiger partial charge in [0.15, 0.2) is 0 Å². The van der Waals surface area contributed by atoms with Crippen LogP contribution in [0, 0.1) is 5.82 Å². The fourth-order valence-electron chi connectivity index (χ4n) is 2.81. The maximum Gasteiger partial charge on any atom is 0.250 e. The molecule has 0 aliphatic heterocycles. The summed E-state index contributed by atoms with van der Waals surface area (Å²) < 4.78 is 15.5. The Morgan fingerprint density at radius 3 is 2.78 bits per heavy atom. The number of carbonyl (C=O) groups excluding carboxylic acids is 1. The van der Waals surface area contributed by atoms with Gasteiger partial charge in [-0.2, -0.15) is 4.98 Å². The first-order valence-corrected chi connectivity index (χ1v) is 8.77. The average Bonchev–Trinajstić information content (AvgIpc) is 3.05. The molecule has 134 valence electrons. The smallest absolute Gasteiger partial charge is 0.250 e. The minimum atomic E-state index is -0.506. The summed E-state index contributed by atoms with van der Waals surface area (Å²) in [4.78, 5) is 20.4. The lowest BCUT2D eigenvalue weighted by Gasteiger charge is -2.08. The molecule has 3 N–H and O–H groups in total. The Labute approximate surface area is 162 Å². The van der Waals surface area contributed by atoms with E-state index in [-0.39, 0.29) is 5.82 Å². The summed E-state index contributed by atoms with van der Waals surface area (Å²) in [6.07, 6.45) is 3.26. The van der Waals surface area contributed by atoms with Crippen LogP contribution in [-0.4, -0.2) is 20.4 Å². The van der Waals surface area contributed by atoms with Crippen molar-refractivity contribution >= 4 is 44.4 Å². The zero-order chi connectivity index (χ0) is 19.0. The highest BCUT2D eigenvalue weighted by atomic mass is 79.9. The molecule has 6 nitrogen and oxygen atoms in total. The van der Waals surface area contributed by atoms with Gasteiger partial charge in [-0.1, -0.05) is 18.2 Å². The summed E-state index contributed by atoms with van der Waals surface area (Å²) in [6.45, 7) is 0. The highest BCUT2D eigenvalue weighted by Crippen LogP contribution is 2.25. The number of hydrogen-bond donors (Lipinski definition) is 2. The van der Waals surface area contributed by atoms with Crippen molar-refractivity contribution in [3.8, 4) is 5.82 Å². The summed E-state index contributed by atoms with van der Waals surface area (Å²) in [5.74, 6) is 0.0447. The van der Waals surface area contributed by atoms with Crippen molar-refractivity contribution < 1.29 is 9.18 Å². The summed E-state index contributed by atoms with van der Waals surface area (Å²) in [6, 6.07) is 13.7. The van der Waals surface area contributed by atoms with Crippen LogP contribution in [0.3, 0.4) is 0 Å². The van der Waals surface area contributed by atoms with Crippen LogP contribution >= 0.6 is 15.9 Å². The third-order valence-corrected chi connectivity index (χ3v) is 4.65. The molecule has 1 amide bonds. The van der Waals surface area contributed by atoms with E-state index in [1.165, 1.54) is 6.07 Å². The molecule has 0 saturated heterocycles. The largest absolute Gasteiger partial charge is 0.366 e. The molecule has 2 aromatic heterocycles. The van der Waals surface area contributed by atoms with Gasteiger partial charge in [-0.25, -0.2) is 9.37 Å². The second-order valence-corrected chi connectivity index (χ2v) is 6.64. The van der Waals surface area contributed by atoms with Crippen molar-refractivity contribution in [3.63, 3.8) is 0 Å². The van der Waals surface area contributed by atoms with Gasteiger partial charge in [-0.3, -0.25) is 4.79 Å². The molecule has 0 aliphatic carbocycles. The molecule has 0 saturated carbocycles. The molecule has 0 spiro atoms. The van der Waals surface area contributed by atoms with Crippen LogP contribution < -0.4 is 11.1 Å². The SMILES string of the molecule is NC(=O)c1cn(-c2ccnc(Nc3ccc(F)c(Br)c3)n2)c2ccccc12. The first-order chi connectivity index (χ1) is 13.0. The summed E-state index contributed by atoms with van der Waals surface area (Å²) in [5, 5.41) is 3.79. The fraction of sp³-hybridized carbons (Fsp3) is 0. The van der Waals surface area contributed by atoms with E-state index in [0.29, 0.717) is 27.5 Å². The Balaban J connectivity index is 1.76. The number of benzene rings is 2. The fourth-order valence-corrected chi connectivity index (χ4v) is 3.19. The first kappa shape index (κ1) is 17.2. The number of nitrogens with one attached hydrogen (secondary N) is 1. The monoisotopic (exact) mass is 425 g/mol. The number of carbonyl (C=O) groups is 1. The minimum absolute atomic E-state index is 0.337. The lowest BCUT2D eigenvalue weighted by molar-refractivity contribution is 0.100. The van der Waals surface area contributed by atoms with Gasteiger partial charge in [0.25, 0.3) is 5.91 Å². The van der Waals surface area contributed by atoms with Gasteiger partial charge in [-0.15, -0.1) is 0 Å². The summed E-state index contributed by atoms with van der Waals surface area (Å²) >= 11 is 3.15. The minimum Gasteiger partial charge on any atom is -0.366 e. The van der Waals surface area contributed by atoms with E-state index in [4.69, 9.17) is 5.73 Å². The molecule has 0 atom stereocenters. The zero-order valence-corrected chi connectivity index (χ0v) is 15.4. The third kappa shape index (κ3) is 3.26. The standard InChI is InChI=1S/C19H13BrFN5O/c20-14-9-11(5-6-15(14)21)24-19-23-8-7-17(25-19)26-10-13(18(22)27)12-3-1-2-4-16(12)26/h1-10H,(H2,22,27)(H,23,24,25). The second-order valence-electron chi connectivity index (χ2n) is 5.79.